The first kappa shape index (κ1) is 21.3. The van der Waals surface area contributed by atoms with E-state index in [-0.39, 0.29) is 12.0 Å². The Bertz CT molecular complexity index is 1260. The first-order chi connectivity index (χ1) is 15.4. The molecule has 0 saturated heterocycles. The lowest BCUT2D eigenvalue weighted by molar-refractivity contribution is 0.561. The van der Waals surface area contributed by atoms with Crippen molar-refractivity contribution in [3.8, 4) is 0 Å². The molecule has 170 valence electrons. The number of hydrogen-bond donors (Lipinski definition) is 2. The van der Waals surface area contributed by atoms with Gasteiger partial charge in [0.15, 0.2) is 0 Å². The average molecular weight is 455 g/mol. The van der Waals surface area contributed by atoms with Crippen molar-refractivity contribution in [1.29, 1.82) is 0 Å². The highest BCUT2D eigenvalue weighted by molar-refractivity contribution is 7.89. The summed E-state index contributed by atoms with van der Waals surface area (Å²) in [5, 5.41) is 13.5. The molecular weight excluding hydrogens is 424 g/mol. The summed E-state index contributed by atoms with van der Waals surface area (Å²) in [5.41, 5.74) is 3.18. The van der Waals surface area contributed by atoms with Gasteiger partial charge in [-0.2, -0.15) is 0 Å². The standard InChI is InChI=1S/C23H30N6O2S/c1-4-29-13-25-28-23(29)27-19-8-7-16-9-21(32(30,31)26-11-14(2)3)17-10-20(15-5-6-15)24-12-18(17)22(16)19/h9-10,12-15,19,26H,4-8,11H2,1-3H3,(H,27,28)/t19-/m1/s1. The van der Waals surface area contributed by atoms with Gasteiger partial charge in [-0.1, -0.05) is 13.8 Å². The van der Waals surface area contributed by atoms with Crippen LogP contribution in [0.4, 0.5) is 5.95 Å². The Kier molecular flexibility index (Phi) is 5.41. The summed E-state index contributed by atoms with van der Waals surface area (Å²) in [5.74, 6) is 1.42. The lowest BCUT2D eigenvalue weighted by Gasteiger charge is -2.19. The molecule has 0 aliphatic heterocycles. The second kappa shape index (κ2) is 8.12. The monoisotopic (exact) mass is 454 g/mol. The number of nitrogens with zero attached hydrogens (tertiary/aromatic N) is 4. The Labute approximate surface area is 188 Å². The first-order valence-corrected chi connectivity index (χ1v) is 12.9. The van der Waals surface area contributed by atoms with Gasteiger partial charge in [-0.05, 0) is 61.8 Å². The minimum absolute atomic E-state index is 0.0379. The molecule has 9 heteroatoms. The number of nitrogens with one attached hydrogen (secondary N) is 2. The molecule has 2 N–H and O–H groups in total. The van der Waals surface area contributed by atoms with Crippen LogP contribution in [-0.4, -0.2) is 34.7 Å². The molecule has 1 fully saturated rings. The third-order valence-electron chi connectivity index (χ3n) is 6.41. The van der Waals surface area contributed by atoms with E-state index in [1.807, 2.05) is 36.7 Å². The number of rotatable bonds is 8. The molecule has 2 heterocycles. The lowest BCUT2D eigenvalue weighted by Crippen LogP contribution is -2.28. The predicted octanol–water partition coefficient (Wildman–Crippen LogP) is 3.76. The molecule has 32 heavy (non-hydrogen) atoms. The van der Waals surface area contributed by atoms with Crippen LogP contribution in [0.25, 0.3) is 10.8 Å². The van der Waals surface area contributed by atoms with Gasteiger partial charge >= 0.3 is 0 Å². The molecule has 1 aromatic carbocycles. The van der Waals surface area contributed by atoms with E-state index in [0.717, 1.165) is 65.8 Å². The molecule has 2 aromatic heterocycles. The van der Waals surface area contributed by atoms with Gasteiger partial charge in [-0.25, -0.2) is 13.1 Å². The molecule has 0 spiro atoms. The predicted molar refractivity (Wildman–Crippen MR) is 124 cm³/mol. The van der Waals surface area contributed by atoms with Gasteiger partial charge < -0.3 is 9.88 Å². The zero-order chi connectivity index (χ0) is 22.5. The van der Waals surface area contributed by atoms with Crippen LogP contribution in [0.1, 0.15) is 68.8 Å². The lowest BCUT2D eigenvalue weighted by atomic mass is 9.99. The van der Waals surface area contributed by atoms with E-state index in [2.05, 4.69) is 27.2 Å². The van der Waals surface area contributed by atoms with Crippen molar-refractivity contribution in [3.05, 3.63) is 41.5 Å². The quantitative estimate of drug-likeness (QED) is 0.537. The largest absolute Gasteiger partial charge is 0.347 e. The van der Waals surface area contributed by atoms with Crippen LogP contribution in [0.15, 0.2) is 29.6 Å². The molecule has 5 rings (SSSR count). The first-order valence-electron chi connectivity index (χ1n) is 11.5. The van der Waals surface area contributed by atoms with Crippen LogP contribution in [0.5, 0.6) is 0 Å². The SMILES string of the molecule is CCn1cnnc1N[C@@H]1CCc2cc(S(=O)(=O)NCC(C)C)c3cc(C4CC4)ncc3c21. The van der Waals surface area contributed by atoms with Crippen LogP contribution in [-0.2, 0) is 23.0 Å². The van der Waals surface area contributed by atoms with E-state index in [4.69, 9.17) is 4.98 Å². The molecule has 0 radical (unpaired) electrons. The van der Waals surface area contributed by atoms with Gasteiger partial charge in [0.25, 0.3) is 0 Å². The Morgan fingerprint density at radius 1 is 1.19 bits per heavy atom. The van der Waals surface area contributed by atoms with Gasteiger partial charge in [0.1, 0.15) is 6.33 Å². The number of benzene rings is 1. The topological polar surface area (TPSA) is 102 Å². The van der Waals surface area contributed by atoms with Crippen LogP contribution in [0.3, 0.4) is 0 Å². The molecule has 0 amide bonds. The number of anilines is 1. The zero-order valence-corrected chi connectivity index (χ0v) is 19.6. The van der Waals surface area contributed by atoms with E-state index in [1.54, 1.807) is 6.33 Å². The summed E-state index contributed by atoms with van der Waals surface area (Å²) in [4.78, 5) is 5.10. The molecule has 2 aliphatic rings. The minimum atomic E-state index is -3.63. The van der Waals surface area contributed by atoms with Crippen molar-refractivity contribution < 1.29 is 8.42 Å². The molecule has 0 bridgehead atoms. The van der Waals surface area contributed by atoms with Crippen molar-refractivity contribution in [2.75, 3.05) is 11.9 Å². The molecular formula is C23H30N6O2S. The third kappa shape index (κ3) is 3.88. The number of aryl methyl sites for hydroxylation is 2. The Hall–Kier alpha value is -2.52. The fourth-order valence-corrected chi connectivity index (χ4v) is 5.98. The van der Waals surface area contributed by atoms with Crippen LogP contribution >= 0.6 is 0 Å². The van der Waals surface area contributed by atoms with Crippen LogP contribution in [0.2, 0.25) is 0 Å². The summed E-state index contributed by atoms with van der Waals surface area (Å²) in [6.07, 6.45) is 7.51. The minimum Gasteiger partial charge on any atom is -0.347 e. The number of fused-ring (bicyclic) bond motifs is 3. The van der Waals surface area contributed by atoms with E-state index >= 15 is 0 Å². The van der Waals surface area contributed by atoms with Gasteiger partial charge in [-0.15, -0.1) is 10.2 Å². The van der Waals surface area contributed by atoms with Crippen molar-refractivity contribution in [3.63, 3.8) is 0 Å². The highest BCUT2D eigenvalue weighted by Gasteiger charge is 2.32. The Balaban J connectivity index is 1.62. The molecule has 0 unspecified atom stereocenters. The van der Waals surface area contributed by atoms with Crippen molar-refractivity contribution >= 4 is 26.7 Å². The van der Waals surface area contributed by atoms with E-state index in [1.165, 1.54) is 0 Å². The summed E-state index contributed by atoms with van der Waals surface area (Å²) in [6, 6.07) is 3.92. The highest BCUT2D eigenvalue weighted by atomic mass is 32.2. The maximum absolute atomic E-state index is 13.3. The smallest absolute Gasteiger partial charge is 0.241 e. The zero-order valence-electron chi connectivity index (χ0n) is 18.8. The number of pyridine rings is 1. The summed E-state index contributed by atoms with van der Waals surface area (Å²) < 4.78 is 31.4. The van der Waals surface area contributed by atoms with Gasteiger partial charge in [0.05, 0.1) is 10.9 Å². The second-order valence-corrected chi connectivity index (χ2v) is 11.0. The van der Waals surface area contributed by atoms with Gasteiger partial charge in [0.2, 0.25) is 16.0 Å². The number of sulfonamides is 1. The highest BCUT2D eigenvalue weighted by Crippen LogP contribution is 2.44. The normalized spacial score (nSPS) is 18.4. The van der Waals surface area contributed by atoms with Crippen molar-refractivity contribution in [2.45, 2.75) is 69.9 Å². The van der Waals surface area contributed by atoms with Crippen LogP contribution < -0.4 is 10.0 Å². The molecule has 2 aliphatic carbocycles. The molecule has 1 saturated carbocycles. The number of hydrogen-bond acceptors (Lipinski definition) is 6. The fraction of sp³-hybridized carbons (Fsp3) is 0.522. The van der Waals surface area contributed by atoms with E-state index in [0.29, 0.717) is 17.4 Å². The molecule has 3 aromatic rings. The Morgan fingerprint density at radius 2 is 2.00 bits per heavy atom. The maximum atomic E-state index is 13.3. The average Bonchev–Trinajstić information content (AvgIpc) is 3.40. The fourth-order valence-electron chi connectivity index (χ4n) is 4.52. The summed E-state index contributed by atoms with van der Waals surface area (Å²) >= 11 is 0. The Morgan fingerprint density at radius 3 is 2.72 bits per heavy atom. The van der Waals surface area contributed by atoms with Gasteiger partial charge in [0, 0.05) is 41.7 Å². The van der Waals surface area contributed by atoms with Gasteiger partial charge in [-0.3, -0.25) is 4.98 Å². The van der Waals surface area contributed by atoms with Crippen LogP contribution in [0, 0.1) is 5.92 Å². The summed E-state index contributed by atoms with van der Waals surface area (Å²) in [6.45, 7) is 7.25. The van der Waals surface area contributed by atoms with E-state index in [9.17, 15) is 8.42 Å². The van der Waals surface area contributed by atoms with E-state index < -0.39 is 10.0 Å². The molecule has 8 nitrogen and oxygen atoms in total. The van der Waals surface area contributed by atoms with Crippen molar-refractivity contribution in [1.82, 2.24) is 24.5 Å². The third-order valence-corrected chi connectivity index (χ3v) is 7.87. The maximum Gasteiger partial charge on any atom is 0.241 e. The van der Waals surface area contributed by atoms with Crippen molar-refractivity contribution in [2.24, 2.45) is 5.92 Å². The second-order valence-electron chi connectivity index (χ2n) is 9.30. The summed E-state index contributed by atoms with van der Waals surface area (Å²) in [7, 11) is -3.63. The number of aromatic nitrogens is 4. The molecule has 1 atom stereocenters.